The summed E-state index contributed by atoms with van der Waals surface area (Å²) in [6.07, 6.45) is 4.57. The highest BCUT2D eigenvalue weighted by atomic mass is 15.0. The van der Waals surface area contributed by atoms with E-state index in [-0.39, 0.29) is 0 Å². The third-order valence-corrected chi connectivity index (χ3v) is 1.85. The van der Waals surface area contributed by atoms with E-state index in [1.54, 1.807) is 6.20 Å². The topological polar surface area (TPSA) is 37.8 Å². The first-order chi connectivity index (χ1) is 6.24. The van der Waals surface area contributed by atoms with Crippen LogP contribution in [0.1, 0.15) is 17.8 Å². The lowest BCUT2D eigenvalue weighted by atomic mass is 10.3. The maximum absolute atomic E-state index is 4.34. The predicted molar refractivity (Wildman–Crippen MR) is 54.8 cm³/mol. The second kappa shape index (κ2) is 4.60. The van der Waals surface area contributed by atoms with Gasteiger partial charge in [-0.15, -0.1) is 6.58 Å². The Morgan fingerprint density at radius 2 is 2.23 bits per heavy atom. The number of nitrogens with one attached hydrogen (secondary N) is 1. The summed E-state index contributed by atoms with van der Waals surface area (Å²) in [7, 11) is 0. The molecule has 3 heteroatoms. The quantitative estimate of drug-likeness (QED) is 0.565. The second-order valence-electron chi connectivity index (χ2n) is 2.93. The second-order valence-corrected chi connectivity index (χ2v) is 2.93. The largest absolute Gasteiger partial charge is 0.368 e. The highest BCUT2D eigenvalue weighted by Crippen LogP contribution is 2.05. The van der Waals surface area contributed by atoms with Crippen molar-refractivity contribution in [3.05, 3.63) is 30.2 Å². The average Bonchev–Trinajstić information content (AvgIpc) is 2.12. The Kier molecular flexibility index (Phi) is 3.43. The molecule has 3 nitrogen and oxygen atoms in total. The minimum Gasteiger partial charge on any atom is -0.368 e. The van der Waals surface area contributed by atoms with Crippen molar-refractivity contribution in [3.63, 3.8) is 0 Å². The van der Waals surface area contributed by atoms with Gasteiger partial charge in [0.05, 0.1) is 17.6 Å². The first-order valence-corrected chi connectivity index (χ1v) is 4.39. The summed E-state index contributed by atoms with van der Waals surface area (Å²) in [4.78, 5) is 8.54. The van der Waals surface area contributed by atoms with Crippen LogP contribution in [0, 0.1) is 13.8 Å². The van der Waals surface area contributed by atoms with E-state index in [9.17, 15) is 0 Å². The van der Waals surface area contributed by atoms with Crippen molar-refractivity contribution in [2.45, 2.75) is 20.3 Å². The van der Waals surface area contributed by atoms with Crippen LogP contribution in [0.4, 0.5) is 5.82 Å². The van der Waals surface area contributed by atoms with Crippen LogP contribution in [-0.4, -0.2) is 16.5 Å². The molecule has 0 atom stereocenters. The van der Waals surface area contributed by atoms with Crippen LogP contribution < -0.4 is 5.32 Å². The van der Waals surface area contributed by atoms with Gasteiger partial charge in [0.2, 0.25) is 0 Å². The van der Waals surface area contributed by atoms with Gasteiger partial charge in [-0.1, -0.05) is 6.08 Å². The highest BCUT2D eigenvalue weighted by Gasteiger charge is 1.97. The Hall–Kier alpha value is -1.38. The standard InChI is InChI=1S/C10H15N3/c1-4-5-6-11-10-7-12-8(2)9(3)13-10/h4,7H,1,5-6H2,2-3H3,(H,11,13). The van der Waals surface area contributed by atoms with Gasteiger partial charge in [-0.2, -0.15) is 0 Å². The van der Waals surface area contributed by atoms with Gasteiger partial charge in [-0.25, -0.2) is 4.98 Å². The SMILES string of the molecule is C=CCCNc1cnc(C)c(C)n1. The van der Waals surface area contributed by atoms with Crippen LogP contribution >= 0.6 is 0 Å². The number of anilines is 1. The Balaban J connectivity index is 2.57. The van der Waals surface area contributed by atoms with E-state index >= 15 is 0 Å². The third kappa shape index (κ3) is 2.86. The summed E-state index contributed by atoms with van der Waals surface area (Å²) in [6, 6.07) is 0. The molecule has 0 radical (unpaired) electrons. The zero-order valence-electron chi connectivity index (χ0n) is 8.17. The predicted octanol–water partition coefficient (Wildman–Crippen LogP) is 2.08. The van der Waals surface area contributed by atoms with Gasteiger partial charge in [-0.3, -0.25) is 4.98 Å². The Bertz CT molecular complexity index is 294. The van der Waals surface area contributed by atoms with Crippen LogP contribution in [0.2, 0.25) is 0 Å². The molecule has 0 aliphatic rings. The molecule has 0 saturated carbocycles. The fraction of sp³-hybridized carbons (Fsp3) is 0.400. The zero-order valence-corrected chi connectivity index (χ0v) is 8.17. The van der Waals surface area contributed by atoms with E-state index in [0.717, 1.165) is 30.2 Å². The molecule has 13 heavy (non-hydrogen) atoms. The Morgan fingerprint density at radius 1 is 1.46 bits per heavy atom. The normalized spacial score (nSPS) is 9.69. The zero-order chi connectivity index (χ0) is 9.68. The summed E-state index contributed by atoms with van der Waals surface area (Å²) in [5.74, 6) is 0.838. The molecule has 0 unspecified atom stereocenters. The molecule has 1 aromatic rings. The molecule has 0 aliphatic carbocycles. The maximum Gasteiger partial charge on any atom is 0.144 e. The van der Waals surface area contributed by atoms with Crippen LogP contribution in [0.15, 0.2) is 18.9 Å². The molecule has 0 bridgehead atoms. The molecule has 0 fully saturated rings. The van der Waals surface area contributed by atoms with Gasteiger partial charge in [0, 0.05) is 6.54 Å². The Labute approximate surface area is 78.9 Å². The average molecular weight is 177 g/mol. The summed E-state index contributed by atoms with van der Waals surface area (Å²) in [5, 5.41) is 3.17. The van der Waals surface area contributed by atoms with Gasteiger partial charge in [0.1, 0.15) is 5.82 Å². The lowest BCUT2D eigenvalue weighted by molar-refractivity contribution is 0.999. The first kappa shape index (κ1) is 9.71. The van der Waals surface area contributed by atoms with Crippen molar-refractivity contribution in [2.75, 3.05) is 11.9 Å². The summed E-state index contributed by atoms with van der Waals surface area (Å²) >= 11 is 0. The van der Waals surface area contributed by atoms with Crippen molar-refractivity contribution < 1.29 is 0 Å². The number of aryl methyl sites for hydroxylation is 2. The minimum atomic E-state index is 0.838. The van der Waals surface area contributed by atoms with Crippen LogP contribution in [0.5, 0.6) is 0 Å². The van der Waals surface area contributed by atoms with Gasteiger partial charge in [0.15, 0.2) is 0 Å². The number of rotatable bonds is 4. The molecule has 1 rings (SSSR count). The molecular formula is C10H15N3. The maximum atomic E-state index is 4.34. The molecule has 0 aromatic carbocycles. The molecule has 0 saturated heterocycles. The van der Waals surface area contributed by atoms with Crippen molar-refractivity contribution >= 4 is 5.82 Å². The fourth-order valence-electron chi connectivity index (χ4n) is 0.929. The summed E-state index contributed by atoms with van der Waals surface area (Å²) in [6.45, 7) is 8.42. The number of hydrogen-bond acceptors (Lipinski definition) is 3. The lowest BCUT2D eigenvalue weighted by Gasteiger charge is -2.04. The van der Waals surface area contributed by atoms with Crippen molar-refractivity contribution in [3.8, 4) is 0 Å². The number of hydrogen-bond donors (Lipinski definition) is 1. The van der Waals surface area contributed by atoms with Crippen molar-refractivity contribution in [1.29, 1.82) is 0 Å². The molecule has 0 spiro atoms. The lowest BCUT2D eigenvalue weighted by Crippen LogP contribution is -2.04. The van der Waals surface area contributed by atoms with Crippen molar-refractivity contribution in [2.24, 2.45) is 0 Å². The molecule has 0 aliphatic heterocycles. The van der Waals surface area contributed by atoms with E-state index in [1.165, 1.54) is 0 Å². The summed E-state index contributed by atoms with van der Waals surface area (Å²) < 4.78 is 0. The first-order valence-electron chi connectivity index (χ1n) is 4.39. The van der Waals surface area contributed by atoms with E-state index in [1.807, 2.05) is 19.9 Å². The monoisotopic (exact) mass is 177 g/mol. The molecule has 0 amide bonds. The van der Waals surface area contributed by atoms with Gasteiger partial charge >= 0.3 is 0 Å². The van der Waals surface area contributed by atoms with Gasteiger partial charge in [-0.05, 0) is 20.3 Å². The van der Waals surface area contributed by atoms with Crippen LogP contribution in [0.25, 0.3) is 0 Å². The van der Waals surface area contributed by atoms with E-state index in [2.05, 4.69) is 21.9 Å². The Morgan fingerprint density at radius 3 is 2.85 bits per heavy atom. The summed E-state index contributed by atoms with van der Waals surface area (Å²) in [5.41, 5.74) is 1.96. The smallest absolute Gasteiger partial charge is 0.144 e. The molecule has 1 N–H and O–H groups in total. The molecular weight excluding hydrogens is 162 g/mol. The molecule has 1 aromatic heterocycles. The number of nitrogens with zero attached hydrogens (tertiary/aromatic N) is 2. The highest BCUT2D eigenvalue weighted by molar-refractivity contribution is 5.33. The molecule has 70 valence electrons. The van der Waals surface area contributed by atoms with E-state index in [4.69, 9.17) is 0 Å². The van der Waals surface area contributed by atoms with Gasteiger partial charge < -0.3 is 5.32 Å². The fourth-order valence-corrected chi connectivity index (χ4v) is 0.929. The van der Waals surface area contributed by atoms with Crippen molar-refractivity contribution in [1.82, 2.24) is 9.97 Å². The number of aromatic nitrogens is 2. The van der Waals surface area contributed by atoms with E-state index in [0.29, 0.717) is 0 Å². The van der Waals surface area contributed by atoms with Crippen LogP contribution in [-0.2, 0) is 0 Å². The minimum absolute atomic E-state index is 0.838. The molecule has 1 heterocycles. The van der Waals surface area contributed by atoms with Crippen LogP contribution in [0.3, 0.4) is 0 Å². The van der Waals surface area contributed by atoms with Gasteiger partial charge in [0.25, 0.3) is 0 Å². The third-order valence-electron chi connectivity index (χ3n) is 1.85. The van der Waals surface area contributed by atoms with E-state index < -0.39 is 0 Å².